The average molecular weight is 624 g/mol. The number of carbonyl (C=O) groups excluding carboxylic acids is 3. The monoisotopic (exact) mass is 622 g/mol. The number of rotatable bonds is 9. The number of anilines is 1. The smallest absolute Gasteiger partial charge is 0.411 e. The maximum Gasteiger partial charge on any atom is 0.411 e. The summed E-state index contributed by atoms with van der Waals surface area (Å²) in [5, 5.41) is 17.7. The molecule has 2 heterocycles. The fourth-order valence-corrected chi connectivity index (χ4v) is 5.37. The van der Waals surface area contributed by atoms with E-state index in [0.29, 0.717) is 63.5 Å². The van der Waals surface area contributed by atoms with Gasteiger partial charge in [-0.25, -0.2) is 9.78 Å². The zero-order valence-corrected chi connectivity index (χ0v) is 24.6. The molecule has 3 N–H and O–H groups in total. The van der Waals surface area contributed by atoms with Gasteiger partial charge in [-0.1, -0.05) is 35.3 Å². The topological polar surface area (TPSA) is 157 Å². The Balaban J connectivity index is 1.37. The number of benzene rings is 2. The molecule has 0 bridgehead atoms. The molecular formula is C29H28Cl2N8O4. The van der Waals surface area contributed by atoms with Gasteiger partial charge in [0.1, 0.15) is 28.8 Å². The summed E-state index contributed by atoms with van der Waals surface area (Å²) in [6.45, 7) is 0. The Morgan fingerprint density at radius 1 is 1.16 bits per heavy atom. The number of aromatic amines is 1. The van der Waals surface area contributed by atoms with Crippen LogP contribution in [0.4, 0.5) is 10.5 Å². The van der Waals surface area contributed by atoms with Crippen molar-refractivity contribution >= 4 is 52.7 Å². The Morgan fingerprint density at radius 3 is 2.63 bits per heavy atom. The maximum absolute atomic E-state index is 13.2. The van der Waals surface area contributed by atoms with Crippen LogP contribution in [0.3, 0.4) is 0 Å². The Bertz CT molecular complexity index is 1630. The van der Waals surface area contributed by atoms with Crippen molar-refractivity contribution in [2.24, 2.45) is 5.92 Å². The molecule has 2 aromatic carbocycles. The Morgan fingerprint density at radius 2 is 1.93 bits per heavy atom. The van der Waals surface area contributed by atoms with Crippen LogP contribution in [0, 0.1) is 5.92 Å². The molecule has 5 rings (SSSR count). The number of H-pyrrole nitrogens is 1. The zero-order valence-electron chi connectivity index (χ0n) is 23.1. The van der Waals surface area contributed by atoms with Crippen molar-refractivity contribution in [2.75, 3.05) is 12.4 Å². The standard InChI is InChI=1S/C29H28Cl2N8O4/c1-43-29(42)33-21-8-4-18(5-9-21)26-27(31)36-28(35-26)23(14-17-2-10-22(40)11-3-17)34-25(41)13-6-19-15-20(30)7-12-24(19)39-16-32-37-38-39/h4-9,12-13,15-17,23H,2-3,10-11,14H2,1H3,(H,33,42)(H,34,41)(H,35,36)/t23-/m0/s1. The number of amides is 2. The number of ether oxygens (including phenoxy) is 1. The third kappa shape index (κ3) is 7.65. The molecule has 1 aliphatic carbocycles. The molecule has 222 valence electrons. The van der Waals surface area contributed by atoms with Gasteiger partial charge in [-0.2, -0.15) is 4.68 Å². The number of hydrogen-bond acceptors (Lipinski definition) is 8. The van der Waals surface area contributed by atoms with Gasteiger partial charge in [0, 0.05) is 40.8 Å². The molecular weight excluding hydrogens is 595 g/mol. The van der Waals surface area contributed by atoms with Crippen molar-refractivity contribution in [1.82, 2.24) is 35.5 Å². The van der Waals surface area contributed by atoms with Gasteiger partial charge >= 0.3 is 6.09 Å². The predicted octanol–water partition coefficient (Wildman–Crippen LogP) is 5.56. The molecule has 12 nitrogen and oxygen atoms in total. The molecule has 0 unspecified atom stereocenters. The third-order valence-electron chi connectivity index (χ3n) is 7.15. The van der Waals surface area contributed by atoms with Crippen molar-refractivity contribution in [1.29, 1.82) is 0 Å². The number of aromatic nitrogens is 6. The number of nitrogens with one attached hydrogen (secondary N) is 3. The van der Waals surface area contributed by atoms with Gasteiger partial charge in [0.05, 0.1) is 18.8 Å². The molecule has 14 heteroatoms. The van der Waals surface area contributed by atoms with E-state index in [1.807, 2.05) is 0 Å². The van der Waals surface area contributed by atoms with Crippen LogP contribution in [-0.4, -0.2) is 55.1 Å². The Labute approximate surface area is 256 Å². The van der Waals surface area contributed by atoms with E-state index >= 15 is 0 Å². The number of ketones is 1. The highest BCUT2D eigenvalue weighted by Gasteiger charge is 2.27. The van der Waals surface area contributed by atoms with Crippen molar-refractivity contribution in [2.45, 2.75) is 38.1 Å². The first-order valence-corrected chi connectivity index (χ1v) is 14.3. The summed E-state index contributed by atoms with van der Waals surface area (Å²) in [4.78, 5) is 44.5. The highest BCUT2D eigenvalue weighted by Crippen LogP contribution is 2.33. The van der Waals surface area contributed by atoms with Gasteiger partial charge in [0.2, 0.25) is 5.91 Å². The zero-order chi connectivity index (χ0) is 30.3. The van der Waals surface area contributed by atoms with Gasteiger partial charge in [-0.15, -0.1) is 5.10 Å². The molecule has 43 heavy (non-hydrogen) atoms. The molecule has 0 radical (unpaired) electrons. The molecule has 2 aromatic heterocycles. The predicted molar refractivity (Wildman–Crippen MR) is 161 cm³/mol. The van der Waals surface area contributed by atoms with Crippen LogP contribution in [-0.2, 0) is 14.3 Å². The first-order chi connectivity index (χ1) is 20.8. The summed E-state index contributed by atoms with van der Waals surface area (Å²) >= 11 is 12.8. The lowest BCUT2D eigenvalue weighted by atomic mass is 9.84. The van der Waals surface area contributed by atoms with Crippen LogP contribution in [0.1, 0.15) is 49.5 Å². The number of halogens is 2. The minimum atomic E-state index is -0.577. The van der Waals surface area contributed by atoms with Gasteiger partial charge in [-0.3, -0.25) is 14.9 Å². The number of nitrogens with zero attached hydrogens (tertiary/aromatic N) is 5. The van der Waals surface area contributed by atoms with Gasteiger partial charge in [0.15, 0.2) is 0 Å². The minimum Gasteiger partial charge on any atom is -0.453 e. The quantitative estimate of drug-likeness (QED) is 0.205. The average Bonchev–Trinajstić information content (AvgIpc) is 3.68. The van der Waals surface area contributed by atoms with E-state index in [-0.39, 0.29) is 17.6 Å². The number of carbonyl (C=O) groups is 3. The van der Waals surface area contributed by atoms with E-state index in [2.05, 4.69) is 35.9 Å². The summed E-state index contributed by atoms with van der Waals surface area (Å²) in [6.07, 6.45) is 7.04. The summed E-state index contributed by atoms with van der Waals surface area (Å²) in [5.74, 6) is 0.620. The molecule has 1 saturated carbocycles. The highest BCUT2D eigenvalue weighted by atomic mass is 35.5. The van der Waals surface area contributed by atoms with Crippen LogP contribution in [0.5, 0.6) is 0 Å². The Hall–Kier alpha value is -4.55. The fourth-order valence-electron chi connectivity index (χ4n) is 4.94. The maximum atomic E-state index is 13.2. The van der Waals surface area contributed by atoms with Crippen LogP contribution < -0.4 is 10.6 Å². The lowest BCUT2D eigenvalue weighted by Crippen LogP contribution is -2.30. The summed E-state index contributed by atoms with van der Waals surface area (Å²) in [7, 11) is 1.29. The first kappa shape index (κ1) is 29.9. The number of tetrazole rings is 1. The number of hydrogen-bond donors (Lipinski definition) is 3. The first-order valence-electron chi connectivity index (χ1n) is 13.5. The fraction of sp³-hybridized carbons (Fsp3) is 0.276. The van der Waals surface area contributed by atoms with Crippen LogP contribution in [0.2, 0.25) is 10.2 Å². The summed E-state index contributed by atoms with van der Waals surface area (Å²) in [6, 6.07) is 11.6. The van der Waals surface area contributed by atoms with E-state index in [1.54, 1.807) is 48.5 Å². The molecule has 1 fully saturated rings. The second-order valence-corrected chi connectivity index (χ2v) is 10.9. The number of imidazole rings is 1. The van der Waals surface area contributed by atoms with Crippen LogP contribution in [0.25, 0.3) is 23.0 Å². The molecule has 2 amide bonds. The van der Waals surface area contributed by atoms with E-state index in [4.69, 9.17) is 28.2 Å². The second kappa shape index (κ2) is 13.6. The lowest BCUT2D eigenvalue weighted by Gasteiger charge is -2.25. The molecule has 0 saturated heterocycles. The third-order valence-corrected chi connectivity index (χ3v) is 7.65. The normalized spacial score (nSPS) is 14.5. The number of methoxy groups -OCH3 is 1. The number of Topliss-reactive ketones (excluding diaryl/α,β-unsaturated/α-hetero) is 1. The molecule has 1 atom stereocenters. The van der Waals surface area contributed by atoms with E-state index in [0.717, 1.165) is 12.8 Å². The van der Waals surface area contributed by atoms with Gasteiger partial charge < -0.3 is 15.0 Å². The van der Waals surface area contributed by atoms with E-state index < -0.39 is 12.1 Å². The van der Waals surface area contributed by atoms with Crippen LogP contribution in [0.15, 0.2) is 54.9 Å². The second-order valence-electron chi connectivity index (χ2n) is 10.0. The van der Waals surface area contributed by atoms with Gasteiger partial charge in [-0.05, 0) is 72.0 Å². The molecule has 1 aliphatic rings. The molecule has 0 aliphatic heterocycles. The highest BCUT2D eigenvalue weighted by molar-refractivity contribution is 6.32. The SMILES string of the molecule is COC(=O)Nc1ccc(-c2nc([C@H](CC3CCC(=O)CC3)NC(=O)C=Cc3cc(Cl)ccc3-n3cnnn3)[nH]c2Cl)cc1. The van der Waals surface area contributed by atoms with Crippen LogP contribution >= 0.6 is 23.2 Å². The largest absolute Gasteiger partial charge is 0.453 e. The van der Waals surface area contributed by atoms with Gasteiger partial charge in [0.25, 0.3) is 0 Å². The van der Waals surface area contributed by atoms with E-state index in [9.17, 15) is 14.4 Å². The lowest BCUT2D eigenvalue weighted by molar-refractivity contribution is -0.121. The summed E-state index contributed by atoms with van der Waals surface area (Å²) < 4.78 is 6.10. The minimum absolute atomic E-state index is 0.224. The van der Waals surface area contributed by atoms with Crippen molar-refractivity contribution in [3.05, 3.63) is 76.4 Å². The molecule has 4 aromatic rings. The van der Waals surface area contributed by atoms with Crippen molar-refractivity contribution < 1.29 is 19.1 Å². The summed E-state index contributed by atoms with van der Waals surface area (Å²) in [5.41, 5.74) is 3.06. The van der Waals surface area contributed by atoms with Crippen molar-refractivity contribution in [3.63, 3.8) is 0 Å². The Kier molecular flexibility index (Phi) is 9.48. The molecule has 0 spiro atoms. The van der Waals surface area contributed by atoms with Crippen molar-refractivity contribution in [3.8, 4) is 16.9 Å². The van der Waals surface area contributed by atoms with E-state index in [1.165, 1.54) is 24.2 Å².